The Morgan fingerprint density at radius 3 is 2.61 bits per heavy atom. The van der Waals surface area contributed by atoms with Gasteiger partial charge in [0.25, 0.3) is 0 Å². The third kappa shape index (κ3) is 1.52. The molecule has 0 radical (unpaired) electrons. The van der Waals surface area contributed by atoms with Gasteiger partial charge >= 0.3 is 0 Å². The molecule has 0 N–H and O–H groups in total. The molecule has 0 aliphatic heterocycles. The Balaban J connectivity index is 2.30. The van der Waals surface area contributed by atoms with E-state index in [9.17, 15) is 0 Å². The van der Waals surface area contributed by atoms with Crippen molar-refractivity contribution < 1.29 is 0 Å². The summed E-state index contributed by atoms with van der Waals surface area (Å²) in [6.45, 7) is 1.87. The molecule has 0 amide bonds. The second kappa shape index (κ2) is 3.93. The number of benzene rings is 1. The van der Waals surface area contributed by atoms with Gasteiger partial charge < -0.3 is 0 Å². The lowest BCUT2D eigenvalue weighted by Gasteiger charge is -2.07. The van der Waals surface area contributed by atoms with E-state index in [0.29, 0.717) is 11.6 Å². The van der Waals surface area contributed by atoms with Gasteiger partial charge in [0, 0.05) is 12.4 Å². The molecule has 0 saturated carbocycles. The Labute approximate surface area is 103 Å². The molecule has 2 aromatic heterocycles. The Bertz CT molecular complexity index is 766. The van der Waals surface area contributed by atoms with E-state index < -0.39 is 0 Å². The van der Waals surface area contributed by atoms with Crippen LogP contribution in [0.25, 0.3) is 16.9 Å². The van der Waals surface area contributed by atoms with E-state index >= 15 is 0 Å². The summed E-state index contributed by atoms with van der Waals surface area (Å²) in [6, 6.07) is 9.68. The third-order valence-electron chi connectivity index (χ3n) is 2.69. The molecule has 0 saturated heterocycles. The summed E-state index contributed by atoms with van der Waals surface area (Å²) in [7, 11) is 0. The lowest BCUT2D eigenvalue weighted by Crippen LogP contribution is -2.04. The number of para-hydroxylation sites is 2. The maximum absolute atomic E-state index is 8.99. The number of imidazole rings is 1. The maximum atomic E-state index is 8.99. The first-order chi connectivity index (χ1) is 8.79. The molecule has 3 aromatic rings. The number of aryl methyl sites for hydroxylation is 1. The van der Waals surface area contributed by atoms with E-state index in [-0.39, 0.29) is 0 Å². The summed E-state index contributed by atoms with van der Waals surface area (Å²) in [6.07, 6.45) is 3.29. The molecule has 0 atom stereocenters. The Morgan fingerprint density at radius 1 is 1.17 bits per heavy atom. The van der Waals surface area contributed by atoms with Gasteiger partial charge in [0.2, 0.25) is 5.82 Å². The first kappa shape index (κ1) is 10.4. The molecule has 5 nitrogen and oxygen atoms in total. The van der Waals surface area contributed by atoms with Gasteiger partial charge in [0.1, 0.15) is 6.07 Å². The van der Waals surface area contributed by atoms with Crippen molar-refractivity contribution in [3.8, 4) is 11.9 Å². The molecule has 0 unspecified atom stereocenters. The van der Waals surface area contributed by atoms with E-state index in [1.54, 1.807) is 17.0 Å². The van der Waals surface area contributed by atoms with Crippen LogP contribution >= 0.6 is 0 Å². The summed E-state index contributed by atoms with van der Waals surface area (Å²) < 4.78 is 1.65. The van der Waals surface area contributed by atoms with E-state index in [2.05, 4.69) is 15.0 Å². The van der Waals surface area contributed by atoms with E-state index in [1.165, 1.54) is 0 Å². The van der Waals surface area contributed by atoms with Crippen molar-refractivity contribution in [2.45, 2.75) is 6.92 Å². The number of nitrogens with zero attached hydrogens (tertiary/aromatic N) is 5. The van der Waals surface area contributed by atoms with Gasteiger partial charge in [-0.3, -0.25) is 4.57 Å². The highest BCUT2D eigenvalue weighted by atomic mass is 15.1. The predicted octanol–water partition coefficient (Wildman–Crippen LogP) is 2.00. The van der Waals surface area contributed by atoms with E-state index in [1.807, 2.05) is 37.3 Å². The number of hydrogen-bond donors (Lipinski definition) is 0. The number of aromatic nitrogens is 4. The normalized spacial score (nSPS) is 10.4. The van der Waals surface area contributed by atoms with Crippen molar-refractivity contribution >= 4 is 11.0 Å². The summed E-state index contributed by atoms with van der Waals surface area (Å²) in [5, 5.41) is 8.99. The average molecular weight is 235 g/mol. The molecule has 0 spiro atoms. The van der Waals surface area contributed by atoms with Crippen molar-refractivity contribution in [3.63, 3.8) is 0 Å². The summed E-state index contributed by atoms with van der Waals surface area (Å²) in [5.41, 5.74) is 2.41. The van der Waals surface area contributed by atoms with Crippen LogP contribution in [0.2, 0.25) is 0 Å². The van der Waals surface area contributed by atoms with E-state index in [0.717, 1.165) is 16.7 Å². The smallest absolute Gasteiger partial charge is 0.218 e. The van der Waals surface area contributed by atoms with Crippen LogP contribution in [0.15, 0.2) is 36.7 Å². The Hall–Kier alpha value is -2.74. The van der Waals surface area contributed by atoms with Crippen molar-refractivity contribution in [2.75, 3.05) is 0 Å². The quantitative estimate of drug-likeness (QED) is 0.647. The zero-order valence-electron chi connectivity index (χ0n) is 9.70. The predicted molar refractivity (Wildman–Crippen MR) is 66.1 cm³/mol. The molecule has 5 heteroatoms. The first-order valence-electron chi connectivity index (χ1n) is 5.47. The SMILES string of the molecule is Cc1nc2ccccc2nc1-n1ccnc1C#N. The van der Waals surface area contributed by atoms with E-state index in [4.69, 9.17) is 5.26 Å². The zero-order chi connectivity index (χ0) is 12.5. The van der Waals surface area contributed by atoms with Crippen LogP contribution in [0, 0.1) is 18.3 Å². The van der Waals surface area contributed by atoms with Crippen LogP contribution in [-0.2, 0) is 0 Å². The lowest BCUT2D eigenvalue weighted by atomic mass is 10.3. The topological polar surface area (TPSA) is 67.4 Å². The standard InChI is InChI=1S/C13H9N5/c1-9-13(18-7-6-15-12(18)8-14)17-11-5-3-2-4-10(11)16-9/h2-7H,1H3. The second-order valence-electron chi connectivity index (χ2n) is 3.85. The van der Waals surface area contributed by atoms with Crippen LogP contribution in [0.5, 0.6) is 0 Å². The largest absolute Gasteiger partial charge is 0.274 e. The van der Waals surface area contributed by atoms with Gasteiger partial charge in [-0.25, -0.2) is 15.0 Å². The van der Waals surface area contributed by atoms with Crippen LogP contribution in [0.1, 0.15) is 11.5 Å². The van der Waals surface area contributed by atoms with Gasteiger partial charge in [-0.1, -0.05) is 12.1 Å². The van der Waals surface area contributed by atoms with Gasteiger partial charge in [-0.15, -0.1) is 0 Å². The van der Waals surface area contributed by atoms with Crippen LogP contribution < -0.4 is 0 Å². The molecule has 86 valence electrons. The minimum absolute atomic E-state index is 0.308. The molecule has 0 aliphatic rings. The van der Waals surface area contributed by atoms with Crippen molar-refractivity contribution in [1.29, 1.82) is 5.26 Å². The lowest BCUT2D eigenvalue weighted by molar-refractivity contribution is 0.942. The third-order valence-corrected chi connectivity index (χ3v) is 2.69. The molecule has 0 aliphatic carbocycles. The Morgan fingerprint density at radius 2 is 1.89 bits per heavy atom. The molecule has 2 heterocycles. The molecular formula is C13H9N5. The number of hydrogen-bond acceptors (Lipinski definition) is 4. The molecule has 18 heavy (non-hydrogen) atoms. The first-order valence-corrected chi connectivity index (χ1v) is 5.47. The number of rotatable bonds is 1. The van der Waals surface area contributed by atoms with Gasteiger partial charge in [0.05, 0.1) is 16.7 Å². The Kier molecular flexibility index (Phi) is 2.27. The maximum Gasteiger partial charge on any atom is 0.218 e. The highest BCUT2D eigenvalue weighted by molar-refractivity contribution is 5.75. The second-order valence-corrected chi connectivity index (χ2v) is 3.85. The van der Waals surface area contributed by atoms with Crippen LogP contribution in [-0.4, -0.2) is 19.5 Å². The highest BCUT2D eigenvalue weighted by Gasteiger charge is 2.10. The van der Waals surface area contributed by atoms with Crippen molar-refractivity contribution in [2.24, 2.45) is 0 Å². The minimum atomic E-state index is 0.308. The monoisotopic (exact) mass is 235 g/mol. The van der Waals surface area contributed by atoms with Crippen LogP contribution in [0.4, 0.5) is 0 Å². The molecule has 3 rings (SSSR count). The van der Waals surface area contributed by atoms with Gasteiger partial charge in [-0.05, 0) is 19.1 Å². The fraction of sp³-hybridized carbons (Fsp3) is 0.0769. The molecule has 1 aromatic carbocycles. The molecule has 0 bridgehead atoms. The number of nitriles is 1. The fourth-order valence-corrected chi connectivity index (χ4v) is 1.86. The van der Waals surface area contributed by atoms with Crippen LogP contribution in [0.3, 0.4) is 0 Å². The summed E-state index contributed by atoms with van der Waals surface area (Å²) in [5.74, 6) is 0.949. The molecular weight excluding hydrogens is 226 g/mol. The summed E-state index contributed by atoms with van der Waals surface area (Å²) >= 11 is 0. The fourth-order valence-electron chi connectivity index (χ4n) is 1.86. The van der Waals surface area contributed by atoms with Gasteiger partial charge in [0.15, 0.2) is 5.82 Å². The summed E-state index contributed by atoms with van der Waals surface area (Å²) in [4.78, 5) is 13.0. The molecule has 0 fully saturated rings. The van der Waals surface area contributed by atoms with Crippen molar-refractivity contribution in [3.05, 3.63) is 48.2 Å². The van der Waals surface area contributed by atoms with Crippen molar-refractivity contribution in [1.82, 2.24) is 19.5 Å². The highest BCUT2D eigenvalue weighted by Crippen LogP contribution is 2.16. The van der Waals surface area contributed by atoms with Gasteiger partial charge in [-0.2, -0.15) is 5.26 Å². The minimum Gasteiger partial charge on any atom is -0.274 e. The average Bonchev–Trinajstić information content (AvgIpc) is 2.86. The number of fused-ring (bicyclic) bond motifs is 1. The zero-order valence-corrected chi connectivity index (χ0v) is 9.70.